The van der Waals surface area contributed by atoms with E-state index in [-0.39, 0.29) is 0 Å². The first kappa shape index (κ1) is 11.1. The van der Waals surface area contributed by atoms with Gasteiger partial charge in [-0.1, -0.05) is 28.1 Å². The van der Waals surface area contributed by atoms with Crippen molar-refractivity contribution in [2.45, 2.75) is 25.4 Å². The summed E-state index contributed by atoms with van der Waals surface area (Å²) < 4.78 is 6.93. The van der Waals surface area contributed by atoms with Crippen molar-refractivity contribution in [3.8, 4) is 11.3 Å². The normalized spacial score (nSPS) is 15.1. The van der Waals surface area contributed by atoms with Crippen molar-refractivity contribution >= 4 is 15.9 Å². The lowest BCUT2D eigenvalue weighted by atomic mass is 10.2. The lowest BCUT2D eigenvalue weighted by molar-refractivity contribution is -0.685. The molecule has 1 aromatic carbocycles. The van der Waals surface area contributed by atoms with E-state index < -0.39 is 0 Å². The van der Waals surface area contributed by atoms with Gasteiger partial charge >= 0.3 is 0 Å². The Labute approximate surface area is 109 Å². The van der Waals surface area contributed by atoms with Gasteiger partial charge in [0.05, 0.1) is 6.04 Å². The van der Waals surface area contributed by atoms with Crippen molar-refractivity contribution < 1.29 is 9.73 Å². The Kier molecular flexibility index (Phi) is 3.04. The summed E-state index contributed by atoms with van der Waals surface area (Å²) in [6.45, 7) is 0.960. The van der Waals surface area contributed by atoms with Gasteiger partial charge in [0.15, 0.2) is 5.76 Å². The van der Waals surface area contributed by atoms with Gasteiger partial charge in [0.1, 0.15) is 12.3 Å². The van der Waals surface area contributed by atoms with Crippen LogP contribution in [0.15, 0.2) is 45.3 Å². The van der Waals surface area contributed by atoms with E-state index in [2.05, 4.69) is 45.5 Å². The third-order valence-corrected chi connectivity index (χ3v) is 3.59. The fraction of sp³-hybridized carbons (Fsp3) is 0.286. The van der Waals surface area contributed by atoms with E-state index in [1.54, 1.807) is 0 Å². The van der Waals surface area contributed by atoms with Crippen LogP contribution in [0, 0.1) is 0 Å². The Balaban J connectivity index is 1.72. The maximum atomic E-state index is 5.84. The largest absolute Gasteiger partial charge is 0.455 e. The van der Waals surface area contributed by atoms with Crippen LogP contribution in [0.3, 0.4) is 0 Å². The molecule has 2 aromatic rings. The number of quaternary nitrogens is 1. The first-order chi connectivity index (χ1) is 8.31. The third-order valence-electron chi connectivity index (χ3n) is 3.06. The van der Waals surface area contributed by atoms with Crippen molar-refractivity contribution in [3.63, 3.8) is 0 Å². The molecule has 0 saturated heterocycles. The maximum absolute atomic E-state index is 5.84. The SMILES string of the molecule is Brc1ccc(-c2ccc(C[NH2+]C3CC3)o2)cc1. The second-order valence-corrected chi connectivity index (χ2v) is 5.47. The van der Waals surface area contributed by atoms with Gasteiger partial charge < -0.3 is 9.73 Å². The molecule has 0 amide bonds. The standard InChI is InChI=1S/C14H14BrNO/c15-11-3-1-10(2-4-11)14-8-7-13(17-14)9-16-12-5-6-12/h1-4,7-8,12,16H,5-6,9H2/p+1. The summed E-state index contributed by atoms with van der Waals surface area (Å²) in [4.78, 5) is 0. The molecule has 0 unspecified atom stereocenters. The monoisotopic (exact) mass is 292 g/mol. The molecular weight excluding hydrogens is 278 g/mol. The Bertz CT molecular complexity index is 499. The van der Waals surface area contributed by atoms with Gasteiger partial charge in [-0.2, -0.15) is 0 Å². The fourth-order valence-electron chi connectivity index (χ4n) is 1.87. The predicted octanol–water partition coefficient (Wildman–Crippen LogP) is 2.93. The summed E-state index contributed by atoms with van der Waals surface area (Å²) in [5.41, 5.74) is 1.13. The highest BCUT2D eigenvalue weighted by atomic mass is 79.9. The summed E-state index contributed by atoms with van der Waals surface area (Å²) in [5, 5.41) is 2.37. The van der Waals surface area contributed by atoms with Crippen molar-refractivity contribution in [1.29, 1.82) is 0 Å². The zero-order valence-corrected chi connectivity index (χ0v) is 11.1. The number of nitrogens with two attached hydrogens (primary N) is 1. The molecule has 0 spiro atoms. The van der Waals surface area contributed by atoms with Crippen LogP contribution in [0.2, 0.25) is 0 Å². The lowest BCUT2D eigenvalue weighted by Gasteiger charge is -1.98. The molecule has 2 N–H and O–H groups in total. The molecule has 1 aromatic heterocycles. The maximum Gasteiger partial charge on any atom is 0.158 e. The average molecular weight is 293 g/mol. The topological polar surface area (TPSA) is 29.8 Å². The molecular formula is C14H15BrNO+. The van der Waals surface area contributed by atoms with Gasteiger partial charge in [-0.3, -0.25) is 0 Å². The van der Waals surface area contributed by atoms with Gasteiger partial charge in [0, 0.05) is 22.9 Å². The molecule has 88 valence electrons. The molecule has 1 fully saturated rings. The summed E-state index contributed by atoms with van der Waals surface area (Å²) in [6, 6.07) is 13.2. The first-order valence-electron chi connectivity index (χ1n) is 5.99. The Morgan fingerprint density at radius 1 is 1.12 bits per heavy atom. The van der Waals surface area contributed by atoms with Crippen molar-refractivity contribution in [3.05, 3.63) is 46.6 Å². The molecule has 1 aliphatic carbocycles. The van der Waals surface area contributed by atoms with Crippen LogP contribution in [0.5, 0.6) is 0 Å². The third kappa shape index (κ3) is 2.79. The second-order valence-electron chi connectivity index (χ2n) is 4.55. The van der Waals surface area contributed by atoms with Crippen LogP contribution in [0.4, 0.5) is 0 Å². The molecule has 0 atom stereocenters. The van der Waals surface area contributed by atoms with Gasteiger partial charge in [-0.25, -0.2) is 0 Å². The van der Waals surface area contributed by atoms with E-state index in [1.807, 2.05) is 12.1 Å². The molecule has 0 radical (unpaired) electrons. The molecule has 1 saturated carbocycles. The molecule has 3 rings (SSSR count). The highest BCUT2D eigenvalue weighted by Gasteiger charge is 2.25. The van der Waals surface area contributed by atoms with Crippen LogP contribution in [0.1, 0.15) is 18.6 Å². The molecule has 1 aliphatic rings. The number of furan rings is 1. The Morgan fingerprint density at radius 2 is 1.88 bits per heavy atom. The van der Waals surface area contributed by atoms with Crippen LogP contribution in [-0.4, -0.2) is 6.04 Å². The molecule has 17 heavy (non-hydrogen) atoms. The van der Waals surface area contributed by atoms with Gasteiger partial charge in [0.2, 0.25) is 0 Å². The minimum atomic E-state index is 0.844. The summed E-state index contributed by atoms with van der Waals surface area (Å²) in [6.07, 6.45) is 2.72. The Hall–Kier alpha value is -1.06. The van der Waals surface area contributed by atoms with Crippen molar-refractivity contribution in [1.82, 2.24) is 0 Å². The van der Waals surface area contributed by atoms with Crippen LogP contribution in [0.25, 0.3) is 11.3 Å². The molecule has 1 heterocycles. The van der Waals surface area contributed by atoms with E-state index in [0.717, 1.165) is 34.1 Å². The number of rotatable bonds is 4. The Morgan fingerprint density at radius 3 is 2.59 bits per heavy atom. The van der Waals surface area contributed by atoms with Gasteiger partial charge in [-0.05, 0) is 24.3 Å². The van der Waals surface area contributed by atoms with E-state index in [4.69, 9.17) is 4.42 Å². The second kappa shape index (κ2) is 4.67. The predicted molar refractivity (Wildman–Crippen MR) is 70.5 cm³/mol. The van der Waals surface area contributed by atoms with Gasteiger partial charge in [0.25, 0.3) is 0 Å². The van der Waals surface area contributed by atoms with Gasteiger partial charge in [-0.15, -0.1) is 0 Å². The fourth-order valence-corrected chi connectivity index (χ4v) is 2.14. The van der Waals surface area contributed by atoms with Crippen molar-refractivity contribution in [2.24, 2.45) is 0 Å². The molecule has 0 bridgehead atoms. The van der Waals surface area contributed by atoms with Crippen molar-refractivity contribution in [2.75, 3.05) is 0 Å². The number of halogens is 1. The zero-order valence-electron chi connectivity index (χ0n) is 9.53. The molecule has 2 nitrogen and oxygen atoms in total. The highest BCUT2D eigenvalue weighted by Crippen LogP contribution is 2.23. The first-order valence-corrected chi connectivity index (χ1v) is 6.78. The van der Waals surface area contributed by atoms with E-state index in [1.165, 1.54) is 12.8 Å². The minimum Gasteiger partial charge on any atom is -0.455 e. The molecule has 0 aliphatic heterocycles. The van der Waals surface area contributed by atoms with Crippen LogP contribution < -0.4 is 5.32 Å². The lowest BCUT2D eigenvalue weighted by Crippen LogP contribution is -2.84. The number of benzene rings is 1. The minimum absolute atomic E-state index is 0.844. The van der Waals surface area contributed by atoms with E-state index >= 15 is 0 Å². The van der Waals surface area contributed by atoms with E-state index in [0.29, 0.717) is 0 Å². The average Bonchev–Trinajstić information content (AvgIpc) is 3.06. The molecule has 3 heteroatoms. The zero-order chi connectivity index (χ0) is 11.7. The summed E-state index contributed by atoms with van der Waals surface area (Å²) in [5.74, 6) is 2.02. The van der Waals surface area contributed by atoms with Crippen LogP contribution >= 0.6 is 15.9 Å². The smallest absolute Gasteiger partial charge is 0.158 e. The number of hydrogen-bond donors (Lipinski definition) is 1. The summed E-state index contributed by atoms with van der Waals surface area (Å²) >= 11 is 3.44. The quantitative estimate of drug-likeness (QED) is 0.923. The summed E-state index contributed by atoms with van der Waals surface area (Å²) in [7, 11) is 0. The van der Waals surface area contributed by atoms with Crippen LogP contribution in [-0.2, 0) is 6.54 Å². The number of hydrogen-bond acceptors (Lipinski definition) is 1. The highest BCUT2D eigenvalue weighted by molar-refractivity contribution is 9.10. The van der Waals surface area contributed by atoms with E-state index in [9.17, 15) is 0 Å².